The Balaban J connectivity index is 2.37. The molecule has 0 spiro atoms. The molecule has 0 unspecified atom stereocenters. The zero-order valence-electron chi connectivity index (χ0n) is 10.5. The number of ether oxygens (including phenoxy) is 1. The highest BCUT2D eigenvalue weighted by molar-refractivity contribution is 5.40. The molecule has 0 radical (unpaired) electrons. The first-order valence-corrected chi connectivity index (χ1v) is 5.87. The van der Waals surface area contributed by atoms with E-state index < -0.39 is 0 Å². The molecule has 0 aromatic heterocycles. The first-order valence-electron chi connectivity index (χ1n) is 5.87. The second-order valence-electron chi connectivity index (χ2n) is 4.32. The number of hydrogen-bond acceptors (Lipinski definition) is 2. The van der Waals surface area contributed by atoms with Gasteiger partial charge in [0.05, 0.1) is 0 Å². The third-order valence-electron chi connectivity index (χ3n) is 2.79. The van der Waals surface area contributed by atoms with Crippen LogP contribution in [0.25, 0.3) is 0 Å². The van der Waals surface area contributed by atoms with E-state index in [-0.39, 0.29) is 17.6 Å². The summed E-state index contributed by atoms with van der Waals surface area (Å²) in [6, 6.07) is 12.3. The van der Waals surface area contributed by atoms with Crippen LogP contribution in [0.1, 0.15) is 24.1 Å². The smallest absolute Gasteiger partial charge is 0.168 e. The highest BCUT2D eigenvalue weighted by atomic mass is 19.1. The molecule has 18 heavy (non-hydrogen) atoms. The summed E-state index contributed by atoms with van der Waals surface area (Å²) in [4.78, 5) is 0. The van der Waals surface area contributed by atoms with Gasteiger partial charge in [-0.25, -0.2) is 4.39 Å². The van der Waals surface area contributed by atoms with Crippen molar-refractivity contribution in [2.24, 2.45) is 5.73 Å². The summed E-state index contributed by atoms with van der Waals surface area (Å²) in [6.07, 6.45) is 0. The fraction of sp³-hybridized carbons (Fsp3) is 0.200. The molecule has 2 N–H and O–H groups in total. The van der Waals surface area contributed by atoms with Crippen LogP contribution in [0.3, 0.4) is 0 Å². The van der Waals surface area contributed by atoms with Crippen LogP contribution in [-0.4, -0.2) is 0 Å². The zero-order valence-corrected chi connectivity index (χ0v) is 10.5. The van der Waals surface area contributed by atoms with Gasteiger partial charge in [0.2, 0.25) is 0 Å². The second kappa shape index (κ2) is 5.19. The van der Waals surface area contributed by atoms with Crippen LogP contribution >= 0.6 is 0 Å². The second-order valence-corrected chi connectivity index (χ2v) is 4.32. The van der Waals surface area contributed by atoms with Crippen molar-refractivity contribution in [3.05, 3.63) is 59.4 Å². The van der Waals surface area contributed by atoms with Gasteiger partial charge in [-0.2, -0.15) is 0 Å². The molecule has 0 saturated heterocycles. The SMILES string of the molecule is Cc1cccc(Oc2ccccc2[C@H](C)N)c1F. The van der Waals surface area contributed by atoms with Crippen LogP contribution in [0.5, 0.6) is 11.5 Å². The molecule has 2 nitrogen and oxygen atoms in total. The first kappa shape index (κ1) is 12.6. The van der Waals surface area contributed by atoms with Gasteiger partial charge < -0.3 is 10.5 Å². The molecule has 0 aliphatic rings. The lowest BCUT2D eigenvalue weighted by atomic mass is 10.1. The van der Waals surface area contributed by atoms with Gasteiger partial charge in [0.15, 0.2) is 11.6 Å². The van der Waals surface area contributed by atoms with Crippen LogP contribution in [0.2, 0.25) is 0 Å². The van der Waals surface area contributed by atoms with E-state index in [9.17, 15) is 4.39 Å². The Morgan fingerprint density at radius 3 is 2.44 bits per heavy atom. The van der Waals surface area contributed by atoms with Gasteiger partial charge in [-0.15, -0.1) is 0 Å². The predicted molar refractivity (Wildman–Crippen MR) is 70.3 cm³/mol. The lowest BCUT2D eigenvalue weighted by Gasteiger charge is -2.14. The van der Waals surface area contributed by atoms with Crippen molar-refractivity contribution in [1.82, 2.24) is 0 Å². The molecule has 0 heterocycles. The third-order valence-corrected chi connectivity index (χ3v) is 2.79. The molecule has 2 rings (SSSR count). The van der Waals surface area contributed by atoms with Crippen molar-refractivity contribution < 1.29 is 9.13 Å². The molecule has 2 aromatic rings. The molecule has 0 fully saturated rings. The summed E-state index contributed by atoms with van der Waals surface area (Å²) in [5.74, 6) is 0.483. The van der Waals surface area contributed by atoms with Gasteiger partial charge in [0.1, 0.15) is 5.75 Å². The van der Waals surface area contributed by atoms with Gasteiger partial charge in [-0.1, -0.05) is 30.3 Å². The van der Waals surface area contributed by atoms with E-state index in [2.05, 4.69) is 0 Å². The summed E-state index contributed by atoms with van der Waals surface area (Å²) in [7, 11) is 0. The maximum absolute atomic E-state index is 13.9. The Morgan fingerprint density at radius 1 is 1.06 bits per heavy atom. The number of hydrogen-bond donors (Lipinski definition) is 1. The normalized spacial score (nSPS) is 12.2. The van der Waals surface area contributed by atoms with Crippen LogP contribution in [0.15, 0.2) is 42.5 Å². The standard InChI is InChI=1S/C15H16FNO/c1-10-6-5-9-14(15(10)16)18-13-8-4-3-7-12(13)11(2)17/h3-9,11H,17H2,1-2H3/t11-/m0/s1. The summed E-state index contributed by atoms with van der Waals surface area (Å²) in [6.45, 7) is 3.58. The van der Waals surface area contributed by atoms with Crippen molar-refractivity contribution in [2.45, 2.75) is 19.9 Å². The van der Waals surface area contributed by atoms with Gasteiger partial charge in [0, 0.05) is 11.6 Å². The van der Waals surface area contributed by atoms with E-state index >= 15 is 0 Å². The molecule has 0 saturated carbocycles. The van der Waals surface area contributed by atoms with Crippen LogP contribution in [-0.2, 0) is 0 Å². The Bertz CT molecular complexity index is 552. The number of rotatable bonds is 3. The highest BCUT2D eigenvalue weighted by Gasteiger charge is 2.11. The summed E-state index contributed by atoms with van der Waals surface area (Å²) >= 11 is 0. The van der Waals surface area contributed by atoms with E-state index in [1.165, 1.54) is 0 Å². The number of para-hydroxylation sites is 1. The van der Waals surface area contributed by atoms with Crippen molar-refractivity contribution in [3.63, 3.8) is 0 Å². The van der Waals surface area contributed by atoms with E-state index in [0.717, 1.165) is 5.56 Å². The largest absolute Gasteiger partial charge is 0.454 e. The van der Waals surface area contributed by atoms with E-state index in [1.807, 2.05) is 25.1 Å². The zero-order chi connectivity index (χ0) is 13.1. The van der Waals surface area contributed by atoms with E-state index in [0.29, 0.717) is 11.3 Å². The third kappa shape index (κ3) is 2.51. The molecular formula is C15H16FNO. The quantitative estimate of drug-likeness (QED) is 0.888. The number of halogens is 1. The highest BCUT2D eigenvalue weighted by Crippen LogP contribution is 2.30. The average Bonchev–Trinajstić information content (AvgIpc) is 2.35. The predicted octanol–water partition coefficient (Wildman–Crippen LogP) is 3.95. The van der Waals surface area contributed by atoms with Crippen molar-refractivity contribution in [1.29, 1.82) is 0 Å². The minimum atomic E-state index is -0.336. The fourth-order valence-corrected chi connectivity index (χ4v) is 1.77. The van der Waals surface area contributed by atoms with Gasteiger partial charge in [0.25, 0.3) is 0 Å². The fourth-order valence-electron chi connectivity index (χ4n) is 1.77. The van der Waals surface area contributed by atoms with Crippen molar-refractivity contribution in [3.8, 4) is 11.5 Å². The van der Waals surface area contributed by atoms with Crippen molar-refractivity contribution >= 4 is 0 Å². The van der Waals surface area contributed by atoms with Gasteiger partial charge in [-0.3, -0.25) is 0 Å². The van der Waals surface area contributed by atoms with Crippen LogP contribution in [0, 0.1) is 12.7 Å². The molecule has 0 amide bonds. The number of aryl methyl sites for hydroxylation is 1. The molecule has 0 bridgehead atoms. The molecule has 0 aliphatic carbocycles. The Morgan fingerprint density at radius 2 is 1.72 bits per heavy atom. The molecule has 0 aliphatic heterocycles. The Labute approximate surface area is 106 Å². The molecule has 94 valence electrons. The lowest BCUT2D eigenvalue weighted by molar-refractivity contribution is 0.433. The Kier molecular flexibility index (Phi) is 3.63. The topological polar surface area (TPSA) is 35.2 Å². The van der Waals surface area contributed by atoms with Gasteiger partial charge >= 0.3 is 0 Å². The maximum atomic E-state index is 13.9. The molecule has 2 aromatic carbocycles. The minimum Gasteiger partial charge on any atom is -0.454 e. The average molecular weight is 245 g/mol. The number of benzene rings is 2. The Hall–Kier alpha value is -1.87. The summed E-state index contributed by atoms with van der Waals surface area (Å²) in [5, 5.41) is 0. The lowest BCUT2D eigenvalue weighted by Crippen LogP contribution is -2.06. The summed E-state index contributed by atoms with van der Waals surface area (Å²) < 4.78 is 19.5. The summed E-state index contributed by atoms with van der Waals surface area (Å²) in [5.41, 5.74) is 7.28. The number of nitrogens with two attached hydrogens (primary N) is 1. The van der Waals surface area contributed by atoms with Crippen LogP contribution in [0.4, 0.5) is 4.39 Å². The van der Waals surface area contributed by atoms with Crippen molar-refractivity contribution in [2.75, 3.05) is 0 Å². The maximum Gasteiger partial charge on any atom is 0.168 e. The van der Waals surface area contributed by atoms with Gasteiger partial charge in [-0.05, 0) is 31.5 Å². The van der Waals surface area contributed by atoms with Crippen LogP contribution < -0.4 is 10.5 Å². The van der Waals surface area contributed by atoms with E-state index in [1.54, 1.807) is 31.2 Å². The molecular weight excluding hydrogens is 229 g/mol. The first-order chi connectivity index (χ1) is 8.59. The minimum absolute atomic E-state index is 0.158. The molecule has 1 atom stereocenters. The molecule has 3 heteroatoms. The van der Waals surface area contributed by atoms with E-state index in [4.69, 9.17) is 10.5 Å². The monoisotopic (exact) mass is 245 g/mol.